The largest absolute Gasteiger partial charge is 0.462 e. The van der Waals surface area contributed by atoms with Crippen LogP contribution in [0.5, 0.6) is 6.01 Å². The van der Waals surface area contributed by atoms with Crippen LogP contribution in [0.2, 0.25) is 0 Å². The van der Waals surface area contributed by atoms with Crippen LogP contribution in [-0.2, 0) is 7.05 Å². The van der Waals surface area contributed by atoms with Gasteiger partial charge in [0, 0.05) is 20.3 Å². The van der Waals surface area contributed by atoms with Crippen molar-refractivity contribution in [1.82, 2.24) is 14.5 Å². The molecule has 0 unspecified atom stereocenters. The fourth-order valence-electron chi connectivity index (χ4n) is 1.75. The molecule has 2 heterocycles. The molecule has 0 spiro atoms. The lowest BCUT2D eigenvalue weighted by Gasteiger charge is -2.17. The Balaban J connectivity index is 2.24. The maximum absolute atomic E-state index is 12.4. The number of hydrogen-bond donors (Lipinski definition) is 0. The first kappa shape index (κ1) is 14.0. The minimum Gasteiger partial charge on any atom is -0.462 e. The average Bonchev–Trinajstić information content (AvgIpc) is 2.79. The van der Waals surface area contributed by atoms with E-state index in [4.69, 9.17) is 4.74 Å². The molecule has 2 aromatic rings. The van der Waals surface area contributed by atoms with E-state index in [0.717, 1.165) is 5.69 Å². The molecule has 0 atom stereocenters. The van der Waals surface area contributed by atoms with E-state index >= 15 is 0 Å². The van der Waals surface area contributed by atoms with Gasteiger partial charge in [-0.2, -0.15) is 0 Å². The molecule has 0 N–H and O–H groups in total. The van der Waals surface area contributed by atoms with Crippen LogP contribution >= 0.6 is 0 Å². The summed E-state index contributed by atoms with van der Waals surface area (Å²) in [5, 5.41) is 0. The Bertz CT molecular complexity index is 592. The zero-order chi connectivity index (χ0) is 14.7. The Hall–Kier alpha value is -2.37. The number of rotatable bonds is 4. The van der Waals surface area contributed by atoms with Gasteiger partial charge < -0.3 is 9.64 Å². The lowest BCUT2D eigenvalue weighted by atomic mass is 10.3. The van der Waals surface area contributed by atoms with Crippen LogP contribution in [0, 0.1) is 0 Å². The molecular weight excluding hydrogens is 256 g/mol. The number of hydrogen-bond acceptors (Lipinski definition) is 4. The number of carbonyl (C=O) groups excluding carboxylic acids is 1. The topological polar surface area (TPSA) is 60.2 Å². The van der Waals surface area contributed by atoms with Crippen molar-refractivity contribution in [2.45, 2.75) is 20.0 Å². The summed E-state index contributed by atoms with van der Waals surface area (Å²) in [6.45, 7) is 3.83. The first-order chi connectivity index (χ1) is 9.50. The highest BCUT2D eigenvalue weighted by Crippen LogP contribution is 2.17. The Kier molecular flexibility index (Phi) is 4.02. The molecule has 6 nitrogen and oxygen atoms in total. The van der Waals surface area contributed by atoms with E-state index in [0.29, 0.717) is 11.7 Å². The lowest BCUT2D eigenvalue weighted by molar-refractivity contribution is 0.0983. The van der Waals surface area contributed by atoms with E-state index in [9.17, 15) is 4.79 Å². The Morgan fingerprint density at radius 1 is 1.40 bits per heavy atom. The smallest absolute Gasteiger partial charge is 0.296 e. The molecule has 20 heavy (non-hydrogen) atoms. The fourth-order valence-corrected chi connectivity index (χ4v) is 1.75. The van der Waals surface area contributed by atoms with Gasteiger partial charge in [-0.1, -0.05) is 0 Å². The van der Waals surface area contributed by atoms with Crippen molar-refractivity contribution < 1.29 is 9.53 Å². The minimum atomic E-state index is -0.161. The Morgan fingerprint density at radius 2 is 2.15 bits per heavy atom. The van der Waals surface area contributed by atoms with Crippen molar-refractivity contribution in [2.75, 3.05) is 11.9 Å². The molecule has 0 saturated carbocycles. The SMILES string of the molecule is CC(C)Oc1ncc(C(=O)N(C)c2cccnc2)n1C. The maximum atomic E-state index is 12.4. The van der Waals surface area contributed by atoms with E-state index in [1.54, 1.807) is 37.1 Å². The molecule has 0 aliphatic carbocycles. The molecule has 6 heteroatoms. The van der Waals surface area contributed by atoms with Crippen molar-refractivity contribution in [3.05, 3.63) is 36.4 Å². The second-order valence-electron chi connectivity index (χ2n) is 4.73. The summed E-state index contributed by atoms with van der Waals surface area (Å²) >= 11 is 0. The summed E-state index contributed by atoms with van der Waals surface area (Å²) in [6.07, 6.45) is 4.84. The van der Waals surface area contributed by atoms with Gasteiger partial charge in [0.2, 0.25) is 0 Å². The summed E-state index contributed by atoms with van der Waals surface area (Å²) in [7, 11) is 3.46. The van der Waals surface area contributed by atoms with Gasteiger partial charge >= 0.3 is 0 Å². The number of imidazole rings is 1. The monoisotopic (exact) mass is 274 g/mol. The molecule has 0 aromatic carbocycles. The van der Waals surface area contributed by atoms with Crippen LogP contribution in [0.4, 0.5) is 5.69 Å². The molecule has 0 radical (unpaired) electrons. The highest BCUT2D eigenvalue weighted by atomic mass is 16.5. The van der Waals surface area contributed by atoms with Gasteiger partial charge in [0.05, 0.1) is 24.2 Å². The third-order valence-electron chi connectivity index (χ3n) is 2.84. The van der Waals surface area contributed by atoms with E-state index in [1.807, 2.05) is 19.9 Å². The Labute approximate surface area is 118 Å². The van der Waals surface area contributed by atoms with E-state index in [1.165, 1.54) is 11.1 Å². The van der Waals surface area contributed by atoms with Crippen molar-refractivity contribution >= 4 is 11.6 Å². The van der Waals surface area contributed by atoms with Crippen molar-refractivity contribution in [3.63, 3.8) is 0 Å². The molecular formula is C14H18N4O2. The number of aromatic nitrogens is 3. The summed E-state index contributed by atoms with van der Waals surface area (Å²) < 4.78 is 7.18. The van der Waals surface area contributed by atoms with Crippen molar-refractivity contribution in [3.8, 4) is 6.01 Å². The molecule has 0 aliphatic heterocycles. The normalized spacial score (nSPS) is 10.7. The standard InChI is InChI=1S/C14H18N4O2/c1-10(2)20-14-16-9-12(18(14)4)13(19)17(3)11-6-5-7-15-8-11/h5-10H,1-4H3. The van der Waals surface area contributed by atoms with Gasteiger partial charge in [-0.15, -0.1) is 0 Å². The molecule has 2 rings (SSSR count). The van der Waals surface area contributed by atoms with Gasteiger partial charge in [0.15, 0.2) is 0 Å². The number of pyridine rings is 1. The number of anilines is 1. The zero-order valence-electron chi connectivity index (χ0n) is 12.1. The summed E-state index contributed by atoms with van der Waals surface area (Å²) in [5.41, 5.74) is 1.19. The van der Waals surface area contributed by atoms with Crippen molar-refractivity contribution in [2.24, 2.45) is 7.05 Å². The molecule has 2 aromatic heterocycles. The van der Waals surface area contributed by atoms with E-state index < -0.39 is 0 Å². The number of carbonyl (C=O) groups is 1. The highest BCUT2D eigenvalue weighted by molar-refractivity contribution is 6.04. The molecule has 1 amide bonds. The fraction of sp³-hybridized carbons (Fsp3) is 0.357. The quantitative estimate of drug-likeness (QED) is 0.854. The van der Waals surface area contributed by atoms with Gasteiger partial charge in [-0.3, -0.25) is 14.3 Å². The van der Waals surface area contributed by atoms with Crippen molar-refractivity contribution in [1.29, 1.82) is 0 Å². The summed E-state index contributed by atoms with van der Waals surface area (Å²) in [5.74, 6) is -0.161. The number of nitrogens with zero attached hydrogens (tertiary/aromatic N) is 4. The summed E-state index contributed by atoms with van der Waals surface area (Å²) in [6, 6.07) is 4.05. The second kappa shape index (κ2) is 5.73. The number of amides is 1. The van der Waals surface area contributed by atoms with Crippen LogP contribution < -0.4 is 9.64 Å². The zero-order valence-corrected chi connectivity index (χ0v) is 12.1. The average molecular weight is 274 g/mol. The molecule has 0 saturated heterocycles. The van der Waals surface area contributed by atoms with E-state index in [2.05, 4.69) is 9.97 Å². The predicted octanol–water partition coefficient (Wildman–Crippen LogP) is 1.88. The molecule has 0 fully saturated rings. The number of ether oxygens (including phenoxy) is 1. The lowest BCUT2D eigenvalue weighted by Crippen LogP contribution is -2.28. The van der Waals surface area contributed by atoms with Crippen LogP contribution in [0.25, 0.3) is 0 Å². The second-order valence-corrected chi connectivity index (χ2v) is 4.73. The minimum absolute atomic E-state index is 0.00936. The van der Waals surface area contributed by atoms with E-state index in [-0.39, 0.29) is 12.0 Å². The Morgan fingerprint density at radius 3 is 2.75 bits per heavy atom. The molecule has 106 valence electrons. The van der Waals surface area contributed by atoms with Crippen LogP contribution in [-0.4, -0.2) is 33.6 Å². The molecule has 0 bridgehead atoms. The first-order valence-electron chi connectivity index (χ1n) is 6.37. The van der Waals surface area contributed by atoms with Gasteiger partial charge in [-0.25, -0.2) is 4.98 Å². The predicted molar refractivity (Wildman–Crippen MR) is 75.9 cm³/mol. The molecule has 0 aliphatic rings. The third-order valence-corrected chi connectivity index (χ3v) is 2.84. The van der Waals surface area contributed by atoms with Gasteiger partial charge in [0.25, 0.3) is 11.9 Å². The van der Waals surface area contributed by atoms with Crippen LogP contribution in [0.1, 0.15) is 24.3 Å². The first-order valence-corrected chi connectivity index (χ1v) is 6.37. The third kappa shape index (κ3) is 2.79. The van der Waals surface area contributed by atoms with Crippen LogP contribution in [0.15, 0.2) is 30.7 Å². The summed E-state index contributed by atoms with van der Waals surface area (Å²) in [4.78, 5) is 22.1. The van der Waals surface area contributed by atoms with Gasteiger partial charge in [-0.05, 0) is 26.0 Å². The van der Waals surface area contributed by atoms with Gasteiger partial charge in [0.1, 0.15) is 5.69 Å². The maximum Gasteiger partial charge on any atom is 0.296 e. The van der Waals surface area contributed by atoms with Crippen LogP contribution in [0.3, 0.4) is 0 Å². The highest BCUT2D eigenvalue weighted by Gasteiger charge is 2.20.